The molecule has 0 saturated heterocycles. The molecule has 14 heavy (non-hydrogen) atoms. The van der Waals surface area contributed by atoms with Crippen LogP contribution in [-0.4, -0.2) is 29.6 Å². The number of hydrogen-bond donors (Lipinski definition) is 1. The molecule has 2 heteroatoms. The van der Waals surface area contributed by atoms with E-state index in [4.69, 9.17) is 5.73 Å². The number of hydrogen-bond acceptors (Lipinski definition) is 2. The lowest BCUT2D eigenvalue weighted by atomic mass is 9.81. The zero-order valence-electron chi connectivity index (χ0n) is 10.8. The highest BCUT2D eigenvalue weighted by molar-refractivity contribution is 4.95. The van der Waals surface area contributed by atoms with Crippen LogP contribution in [0, 0.1) is 5.92 Å². The minimum Gasteiger partial charge on any atom is -0.326 e. The Balaban J connectivity index is 4.75. The highest BCUT2D eigenvalue weighted by Crippen LogP contribution is 2.26. The van der Waals surface area contributed by atoms with Crippen LogP contribution in [0.15, 0.2) is 0 Å². The highest BCUT2D eigenvalue weighted by Gasteiger charge is 2.35. The van der Waals surface area contributed by atoms with Crippen molar-refractivity contribution in [3.05, 3.63) is 0 Å². The second kappa shape index (κ2) is 5.72. The minimum atomic E-state index is 0.150. The van der Waals surface area contributed by atoms with Crippen LogP contribution in [0.4, 0.5) is 0 Å². The van der Waals surface area contributed by atoms with E-state index in [9.17, 15) is 0 Å². The fourth-order valence-corrected chi connectivity index (χ4v) is 2.33. The molecular formula is C12H28N2. The molecule has 0 radical (unpaired) electrons. The summed E-state index contributed by atoms with van der Waals surface area (Å²) in [5, 5.41) is 0. The van der Waals surface area contributed by atoms with E-state index in [0.717, 1.165) is 19.5 Å². The lowest BCUT2D eigenvalue weighted by Crippen LogP contribution is -2.59. The summed E-state index contributed by atoms with van der Waals surface area (Å²) in [6.07, 6.45) is 1.12. The molecule has 0 aromatic rings. The van der Waals surface area contributed by atoms with Gasteiger partial charge in [-0.1, -0.05) is 34.6 Å². The molecule has 0 aliphatic rings. The summed E-state index contributed by atoms with van der Waals surface area (Å²) in [5.74, 6) is 0.542. The molecule has 0 spiro atoms. The predicted octanol–water partition coefficient (Wildman–Crippen LogP) is 2.48. The Morgan fingerprint density at radius 1 is 1.14 bits per heavy atom. The van der Waals surface area contributed by atoms with Gasteiger partial charge in [-0.15, -0.1) is 0 Å². The van der Waals surface area contributed by atoms with Crippen LogP contribution in [0.5, 0.6) is 0 Å². The molecule has 0 amide bonds. The Morgan fingerprint density at radius 3 is 1.79 bits per heavy atom. The van der Waals surface area contributed by atoms with Gasteiger partial charge in [-0.3, -0.25) is 4.90 Å². The van der Waals surface area contributed by atoms with E-state index in [0.29, 0.717) is 5.92 Å². The molecule has 0 saturated carbocycles. The molecule has 0 aromatic heterocycles. The van der Waals surface area contributed by atoms with Gasteiger partial charge in [-0.25, -0.2) is 0 Å². The summed E-state index contributed by atoms with van der Waals surface area (Å²) >= 11 is 0. The smallest absolute Gasteiger partial charge is 0.0331 e. The third-order valence-electron chi connectivity index (χ3n) is 3.64. The fraction of sp³-hybridized carbons (Fsp3) is 1.00. The highest BCUT2D eigenvalue weighted by atomic mass is 15.2. The van der Waals surface area contributed by atoms with E-state index in [1.54, 1.807) is 0 Å². The maximum Gasteiger partial charge on any atom is 0.0331 e. The first-order chi connectivity index (χ1) is 6.43. The van der Waals surface area contributed by atoms with Crippen molar-refractivity contribution in [1.29, 1.82) is 0 Å². The Hall–Kier alpha value is -0.0800. The summed E-state index contributed by atoms with van der Waals surface area (Å²) in [6.45, 7) is 15.5. The van der Waals surface area contributed by atoms with Crippen LogP contribution in [0.1, 0.15) is 48.0 Å². The average molecular weight is 200 g/mol. The Bertz CT molecular complexity index is 148. The maximum atomic E-state index is 6.32. The third kappa shape index (κ3) is 2.71. The summed E-state index contributed by atoms with van der Waals surface area (Å²) in [4.78, 5) is 2.48. The van der Waals surface area contributed by atoms with Crippen molar-refractivity contribution in [2.45, 2.75) is 59.5 Å². The zero-order chi connectivity index (χ0) is 11.4. The van der Waals surface area contributed by atoms with Crippen LogP contribution in [0.2, 0.25) is 0 Å². The van der Waals surface area contributed by atoms with Gasteiger partial charge in [0, 0.05) is 11.6 Å². The molecule has 0 heterocycles. The molecule has 2 nitrogen and oxygen atoms in total. The molecule has 0 bridgehead atoms. The van der Waals surface area contributed by atoms with Crippen molar-refractivity contribution in [2.24, 2.45) is 11.7 Å². The number of likely N-dealkylation sites (N-methyl/N-ethyl adjacent to an activating group) is 1. The van der Waals surface area contributed by atoms with E-state index in [1.165, 1.54) is 0 Å². The van der Waals surface area contributed by atoms with E-state index >= 15 is 0 Å². The molecule has 0 aliphatic heterocycles. The summed E-state index contributed by atoms with van der Waals surface area (Å²) in [6, 6.07) is 0.257. The molecular weight excluding hydrogens is 172 g/mol. The molecule has 2 unspecified atom stereocenters. The fourth-order valence-electron chi connectivity index (χ4n) is 2.33. The van der Waals surface area contributed by atoms with Gasteiger partial charge in [-0.2, -0.15) is 0 Å². The van der Waals surface area contributed by atoms with Gasteiger partial charge in [0.15, 0.2) is 0 Å². The second-order valence-electron chi connectivity index (χ2n) is 4.65. The monoisotopic (exact) mass is 200 g/mol. The van der Waals surface area contributed by atoms with Gasteiger partial charge >= 0.3 is 0 Å². The van der Waals surface area contributed by atoms with Crippen LogP contribution in [0.25, 0.3) is 0 Å². The largest absolute Gasteiger partial charge is 0.326 e. The minimum absolute atomic E-state index is 0.150. The van der Waals surface area contributed by atoms with Crippen molar-refractivity contribution in [3.8, 4) is 0 Å². The van der Waals surface area contributed by atoms with Crippen molar-refractivity contribution in [3.63, 3.8) is 0 Å². The molecule has 86 valence electrons. The van der Waals surface area contributed by atoms with Crippen molar-refractivity contribution >= 4 is 0 Å². The molecule has 2 atom stereocenters. The molecule has 2 N–H and O–H groups in total. The van der Waals surface area contributed by atoms with Gasteiger partial charge in [0.2, 0.25) is 0 Å². The molecule has 0 rings (SSSR count). The average Bonchev–Trinajstić information content (AvgIpc) is 2.17. The lowest BCUT2D eigenvalue weighted by molar-refractivity contribution is 0.0683. The Kier molecular flexibility index (Phi) is 5.68. The van der Waals surface area contributed by atoms with Crippen LogP contribution >= 0.6 is 0 Å². The van der Waals surface area contributed by atoms with Crippen LogP contribution in [-0.2, 0) is 0 Å². The van der Waals surface area contributed by atoms with Gasteiger partial charge in [0.1, 0.15) is 0 Å². The van der Waals surface area contributed by atoms with E-state index in [2.05, 4.69) is 46.4 Å². The van der Waals surface area contributed by atoms with Gasteiger partial charge in [0.05, 0.1) is 0 Å². The quantitative estimate of drug-likeness (QED) is 0.714. The lowest BCUT2D eigenvalue weighted by Gasteiger charge is -2.45. The first kappa shape index (κ1) is 13.9. The second-order valence-corrected chi connectivity index (χ2v) is 4.65. The summed E-state index contributed by atoms with van der Waals surface area (Å²) in [7, 11) is 0. The van der Waals surface area contributed by atoms with E-state index in [1.807, 2.05) is 0 Å². The first-order valence-corrected chi connectivity index (χ1v) is 5.94. The predicted molar refractivity (Wildman–Crippen MR) is 64.4 cm³/mol. The topological polar surface area (TPSA) is 29.3 Å². The molecule has 0 aromatic carbocycles. The van der Waals surface area contributed by atoms with E-state index in [-0.39, 0.29) is 11.6 Å². The Morgan fingerprint density at radius 2 is 1.57 bits per heavy atom. The van der Waals surface area contributed by atoms with E-state index < -0.39 is 0 Å². The van der Waals surface area contributed by atoms with Gasteiger partial charge < -0.3 is 5.73 Å². The van der Waals surface area contributed by atoms with Crippen molar-refractivity contribution in [2.75, 3.05) is 13.1 Å². The van der Waals surface area contributed by atoms with Gasteiger partial charge in [-0.05, 0) is 32.4 Å². The molecule has 0 aliphatic carbocycles. The molecule has 0 fully saturated rings. The third-order valence-corrected chi connectivity index (χ3v) is 3.64. The first-order valence-electron chi connectivity index (χ1n) is 5.94. The summed E-state index contributed by atoms with van der Waals surface area (Å²) < 4.78 is 0. The van der Waals surface area contributed by atoms with Gasteiger partial charge in [0.25, 0.3) is 0 Å². The normalized spacial score (nSPS) is 18.6. The zero-order valence-corrected chi connectivity index (χ0v) is 10.8. The van der Waals surface area contributed by atoms with Crippen LogP contribution < -0.4 is 5.73 Å². The number of rotatable bonds is 6. The van der Waals surface area contributed by atoms with Crippen LogP contribution in [0.3, 0.4) is 0 Å². The number of nitrogens with two attached hydrogens (primary N) is 1. The van der Waals surface area contributed by atoms with Crippen molar-refractivity contribution in [1.82, 2.24) is 4.90 Å². The maximum absolute atomic E-state index is 6.32. The number of nitrogens with zero attached hydrogens (tertiary/aromatic N) is 1. The summed E-state index contributed by atoms with van der Waals surface area (Å²) in [5.41, 5.74) is 6.47. The van der Waals surface area contributed by atoms with Crippen molar-refractivity contribution < 1.29 is 0 Å². The standard InChI is InChI=1S/C12H28N2/c1-7-12(6,11(13)10(4)5)14(8-2)9-3/h10-11H,7-9,13H2,1-6H3. The Labute approximate surface area is 89.9 Å². The SMILES string of the molecule is CCN(CC)C(C)(CC)C(N)C(C)C.